The van der Waals surface area contributed by atoms with Gasteiger partial charge >= 0.3 is 0 Å². The molecule has 1 heteroatoms. The number of rotatable bonds is 5. The summed E-state index contributed by atoms with van der Waals surface area (Å²) < 4.78 is 0. The van der Waals surface area contributed by atoms with Gasteiger partial charge in [-0.15, -0.1) is 0 Å². The molecule has 0 amide bonds. The average Bonchev–Trinajstić information content (AvgIpc) is 3.92. The first kappa shape index (κ1) is 43.1. The zero-order chi connectivity index (χ0) is 49.8. The molecule has 0 N–H and O–H groups in total. The highest BCUT2D eigenvalue weighted by molar-refractivity contribution is 6.26. The molecule has 0 heterocycles. The number of hydrogen-bond acceptors (Lipinski definition) is 1. The third-order valence-electron chi connectivity index (χ3n) is 17.8. The molecule has 0 atom stereocenters. The first-order valence-electron chi connectivity index (χ1n) is 26.4. The van der Waals surface area contributed by atoms with E-state index < -0.39 is 0 Å². The molecule has 0 aromatic heterocycles. The second-order valence-electron chi connectivity index (χ2n) is 22.8. The maximum Gasteiger partial charge on any atom is 0.0465 e. The van der Waals surface area contributed by atoms with Crippen molar-refractivity contribution in [1.29, 1.82) is 0 Å². The summed E-state index contributed by atoms with van der Waals surface area (Å²) in [6, 6.07) is 85.4. The Morgan fingerprint density at radius 2 is 0.622 bits per heavy atom. The highest BCUT2D eigenvalue weighted by Gasteiger charge is 2.40. The summed E-state index contributed by atoms with van der Waals surface area (Å²) in [7, 11) is 0. The van der Waals surface area contributed by atoms with Crippen molar-refractivity contribution in [3.8, 4) is 55.6 Å². The summed E-state index contributed by atoms with van der Waals surface area (Å²) in [6.45, 7) is 14.4. The lowest BCUT2D eigenvalue weighted by atomic mass is 9.80. The maximum atomic E-state index is 2.53. The van der Waals surface area contributed by atoms with E-state index in [1.54, 1.807) is 0 Å². The van der Waals surface area contributed by atoms with E-state index in [2.05, 4.69) is 271 Å². The van der Waals surface area contributed by atoms with Crippen LogP contribution >= 0.6 is 0 Å². The predicted molar refractivity (Wildman–Crippen MR) is 315 cm³/mol. The van der Waals surface area contributed by atoms with E-state index >= 15 is 0 Å². The summed E-state index contributed by atoms with van der Waals surface area (Å²) in [5, 5.41) is 10.2. The van der Waals surface area contributed by atoms with Crippen LogP contribution in [0.1, 0.15) is 74.9 Å². The van der Waals surface area contributed by atoms with Crippen LogP contribution in [0.5, 0.6) is 0 Å². The minimum Gasteiger partial charge on any atom is -0.310 e. The summed E-state index contributed by atoms with van der Waals surface area (Å²) in [4.78, 5) is 2.53. The molecule has 1 nitrogen and oxygen atoms in total. The Labute approximate surface area is 434 Å². The number of hydrogen-bond donors (Lipinski definition) is 0. The quantitative estimate of drug-likeness (QED) is 0.155. The molecule has 3 aliphatic carbocycles. The fraction of sp³-hybridized carbons (Fsp3) is 0.123. The monoisotopic (exact) mass is 945 g/mol. The highest BCUT2D eigenvalue weighted by Crippen LogP contribution is 2.56. The van der Waals surface area contributed by atoms with Crippen LogP contribution in [0.3, 0.4) is 0 Å². The lowest BCUT2D eigenvalue weighted by Crippen LogP contribution is -2.19. The van der Waals surface area contributed by atoms with Crippen molar-refractivity contribution in [2.75, 3.05) is 4.90 Å². The topological polar surface area (TPSA) is 3.24 Å². The summed E-state index contributed by atoms with van der Waals surface area (Å²) in [5.74, 6) is 0. The van der Waals surface area contributed by atoms with Gasteiger partial charge in [0.2, 0.25) is 0 Å². The molecular weight excluding hydrogens is 891 g/mol. The molecule has 0 unspecified atom stereocenters. The van der Waals surface area contributed by atoms with Gasteiger partial charge in [0.1, 0.15) is 0 Å². The van der Waals surface area contributed by atoms with Crippen LogP contribution in [0.25, 0.3) is 98.7 Å². The molecule has 12 aromatic carbocycles. The van der Waals surface area contributed by atoms with E-state index in [0.717, 1.165) is 0 Å². The molecule has 0 radical (unpaired) electrons. The van der Waals surface area contributed by atoms with Crippen molar-refractivity contribution in [3.63, 3.8) is 0 Å². The molecule has 0 bridgehead atoms. The first-order chi connectivity index (χ1) is 36.0. The number of nitrogens with zero attached hydrogens (tertiary/aromatic N) is 1. The Bertz CT molecular complexity index is 4300. The van der Waals surface area contributed by atoms with Crippen molar-refractivity contribution in [2.45, 2.75) is 57.8 Å². The molecule has 3 aliphatic rings. The number of anilines is 3. The van der Waals surface area contributed by atoms with Gasteiger partial charge in [0.25, 0.3) is 0 Å². The van der Waals surface area contributed by atoms with E-state index in [-0.39, 0.29) is 16.2 Å². The van der Waals surface area contributed by atoms with Gasteiger partial charge in [-0.3, -0.25) is 0 Å². The van der Waals surface area contributed by atoms with E-state index in [1.807, 2.05) is 0 Å². The van der Waals surface area contributed by atoms with Gasteiger partial charge in [-0.05, 0) is 187 Å². The third kappa shape index (κ3) is 5.93. The van der Waals surface area contributed by atoms with Crippen molar-refractivity contribution in [1.82, 2.24) is 0 Å². The van der Waals surface area contributed by atoms with Crippen LogP contribution in [0.2, 0.25) is 0 Å². The standard InChI is InChI=1S/C73H55N/c1-71(2)64-28-15-13-23-54(64)57-35-31-47(41-67(57)71)74(48-32-36-58-55-24-14-16-29-65(55)72(3,4)68(58)42-48)49-33-37-59-56-34-30-45(40-66(56)73(5,6)69(59)43-49)62-38-46-39-63(51-27-17-19-44-18-7-8-20-50(44)51)53-22-10-12-26-61(53)70(46)60-25-11-9-21-52(60)62/h7-43H,1-6H3. The zero-order valence-corrected chi connectivity index (χ0v) is 42.8. The second-order valence-corrected chi connectivity index (χ2v) is 22.8. The van der Waals surface area contributed by atoms with Crippen molar-refractivity contribution in [2.24, 2.45) is 0 Å². The fourth-order valence-corrected chi connectivity index (χ4v) is 14.0. The molecule has 0 spiro atoms. The lowest BCUT2D eigenvalue weighted by molar-refractivity contribution is 0.659. The van der Waals surface area contributed by atoms with Crippen LogP contribution < -0.4 is 4.90 Å². The van der Waals surface area contributed by atoms with Crippen LogP contribution in [0.4, 0.5) is 17.1 Å². The third-order valence-corrected chi connectivity index (χ3v) is 17.8. The molecule has 352 valence electrons. The molecule has 0 saturated carbocycles. The first-order valence-corrected chi connectivity index (χ1v) is 26.4. The van der Waals surface area contributed by atoms with Crippen LogP contribution in [-0.2, 0) is 16.2 Å². The Balaban J connectivity index is 0.881. The Morgan fingerprint density at radius 1 is 0.243 bits per heavy atom. The van der Waals surface area contributed by atoms with Gasteiger partial charge in [0.05, 0.1) is 0 Å². The van der Waals surface area contributed by atoms with Crippen molar-refractivity contribution < 1.29 is 0 Å². The van der Waals surface area contributed by atoms with Gasteiger partial charge in [0, 0.05) is 33.3 Å². The summed E-state index contributed by atoms with van der Waals surface area (Å²) >= 11 is 0. The van der Waals surface area contributed by atoms with Gasteiger partial charge in [-0.25, -0.2) is 0 Å². The zero-order valence-electron chi connectivity index (χ0n) is 42.8. The fourth-order valence-electron chi connectivity index (χ4n) is 14.0. The second kappa shape index (κ2) is 15.3. The Morgan fingerprint density at radius 3 is 1.18 bits per heavy atom. The molecular formula is C73H55N. The van der Waals surface area contributed by atoms with Gasteiger partial charge in [-0.1, -0.05) is 211 Å². The van der Waals surface area contributed by atoms with Crippen molar-refractivity contribution in [3.05, 3.63) is 258 Å². The van der Waals surface area contributed by atoms with E-state index in [1.165, 1.54) is 149 Å². The smallest absolute Gasteiger partial charge is 0.0465 e. The van der Waals surface area contributed by atoms with Crippen LogP contribution in [0.15, 0.2) is 224 Å². The van der Waals surface area contributed by atoms with Gasteiger partial charge < -0.3 is 4.90 Å². The van der Waals surface area contributed by atoms with Gasteiger partial charge in [-0.2, -0.15) is 0 Å². The number of benzene rings is 12. The number of fused-ring (bicyclic) bond motifs is 15. The Hall–Kier alpha value is -8.52. The van der Waals surface area contributed by atoms with Crippen LogP contribution in [-0.4, -0.2) is 0 Å². The largest absolute Gasteiger partial charge is 0.310 e. The van der Waals surface area contributed by atoms with Crippen molar-refractivity contribution >= 4 is 60.2 Å². The minimum atomic E-state index is -0.268. The Kier molecular flexibility index (Phi) is 8.89. The van der Waals surface area contributed by atoms with Gasteiger partial charge in [0.15, 0.2) is 0 Å². The summed E-state index contributed by atoms with van der Waals surface area (Å²) in [5.41, 5.74) is 24.2. The molecule has 12 aromatic rings. The molecule has 74 heavy (non-hydrogen) atoms. The minimum absolute atomic E-state index is 0.127. The average molecular weight is 946 g/mol. The normalized spacial score (nSPS) is 14.9. The maximum absolute atomic E-state index is 2.53. The van der Waals surface area contributed by atoms with Crippen LogP contribution in [0, 0.1) is 0 Å². The SMILES string of the molecule is CC1(C)c2ccccc2-c2ccc(N(c3ccc4c(c3)C(C)(C)c3ccccc3-4)c3ccc4c(c3)C(C)(C)c3cc(-c5cc6cc(-c7cccc8ccccc78)c7ccccc7c6c6ccccc56)ccc3-4)cc21. The van der Waals surface area contributed by atoms with E-state index in [4.69, 9.17) is 0 Å². The molecule has 0 saturated heterocycles. The van der Waals surface area contributed by atoms with E-state index in [9.17, 15) is 0 Å². The molecule has 15 rings (SSSR count). The van der Waals surface area contributed by atoms with E-state index in [0.29, 0.717) is 0 Å². The molecule has 0 aliphatic heterocycles. The highest BCUT2D eigenvalue weighted by atomic mass is 15.1. The summed E-state index contributed by atoms with van der Waals surface area (Å²) in [6.07, 6.45) is 0. The predicted octanol–water partition coefficient (Wildman–Crippen LogP) is 20.0. The lowest BCUT2D eigenvalue weighted by Gasteiger charge is -2.31. The molecule has 0 fully saturated rings.